The van der Waals surface area contributed by atoms with E-state index in [1.54, 1.807) is 0 Å². The van der Waals surface area contributed by atoms with Crippen molar-refractivity contribution < 1.29 is 19.2 Å². The van der Waals surface area contributed by atoms with Gasteiger partial charge in [-0.1, -0.05) is 36.8 Å². The number of hydrogen-bond acceptors (Lipinski definition) is 5. The number of amides is 1. The number of carbonyl (C=O) groups excluding carboxylic acids is 1. The number of nitro benzene ring substituents is 1. The summed E-state index contributed by atoms with van der Waals surface area (Å²) in [6, 6.07) is 10.7. The van der Waals surface area contributed by atoms with Gasteiger partial charge in [0.1, 0.15) is 5.75 Å². The fourth-order valence-electron chi connectivity index (χ4n) is 3.07. The third-order valence-corrected chi connectivity index (χ3v) is 4.55. The predicted octanol–water partition coefficient (Wildman–Crippen LogP) is 4.05. The molecular formula is C21H22N2O5. The summed E-state index contributed by atoms with van der Waals surface area (Å²) in [5.74, 6) is 0.228. The number of hydrogen-bond donors (Lipinski definition) is 1. The van der Waals surface area contributed by atoms with Gasteiger partial charge in [-0.25, -0.2) is 0 Å². The molecule has 0 aromatic heterocycles. The largest absolute Gasteiger partial charge is 0.467 e. The van der Waals surface area contributed by atoms with Crippen molar-refractivity contribution in [3.63, 3.8) is 0 Å². The van der Waals surface area contributed by atoms with Crippen LogP contribution in [0.2, 0.25) is 0 Å². The van der Waals surface area contributed by atoms with E-state index < -0.39 is 4.92 Å². The van der Waals surface area contributed by atoms with E-state index >= 15 is 0 Å². The van der Waals surface area contributed by atoms with Crippen molar-refractivity contribution in [3.8, 4) is 5.75 Å². The number of ether oxygens (including phenoxy) is 2. The topological polar surface area (TPSA) is 90.7 Å². The fraction of sp³-hybridized carbons (Fsp3) is 0.286. The number of aryl methyl sites for hydroxylation is 1. The number of carbonyl (C=O) groups is 1. The average molecular weight is 382 g/mol. The summed E-state index contributed by atoms with van der Waals surface area (Å²) >= 11 is 0. The smallest absolute Gasteiger partial charge is 0.270 e. The lowest BCUT2D eigenvalue weighted by Crippen LogP contribution is -2.26. The molecule has 0 fully saturated rings. The predicted molar refractivity (Wildman–Crippen MR) is 105 cm³/mol. The SMILES string of the molecule is CC[C@H](NC(=O)/C=C/c1cc([N+](=O)[O-])cc2c1OCOC2)c1ccc(C)cc1. The van der Waals surface area contributed by atoms with E-state index in [2.05, 4.69) is 5.32 Å². The Morgan fingerprint density at radius 1 is 1.32 bits per heavy atom. The molecule has 2 aromatic rings. The van der Waals surface area contributed by atoms with Crippen LogP contribution in [0.4, 0.5) is 5.69 Å². The summed E-state index contributed by atoms with van der Waals surface area (Å²) in [6.07, 6.45) is 3.65. The van der Waals surface area contributed by atoms with Crippen LogP contribution in [0, 0.1) is 17.0 Å². The van der Waals surface area contributed by atoms with Gasteiger partial charge in [-0.2, -0.15) is 0 Å². The van der Waals surface area contributed by atoms with Crippen molar-refractivity contribution in [1.82, 2.24) is 5.32 Å². The van der Waals surface area contributed by atoms with Gasteiger partial charge >= 0.3 is 0 Å². The van der Waals surface area contributed by atoms with Gasteiger partial charge in [-0.3, -0.25) is 14.9 Å². The van der Waals surface area contributed by atoms with Crippen LogP contribution in [0.25, 0.3) is 6.08 Å². The molecule has 0 spiro atoms. The molecule has 0 unspecified atom stereocenters. The molecule has 1 amide bonds. The highest BCUT2D eigenvalue weighted by atomic mass is 16.7. The Labute approximate surface area is 163 Å². The summed E-state index contributed by atoms with van der Waals surface area (Å²) in [6.45, 7) is 4.32. The molecule has 1 heterocycles. The molecule has 2 aromatic carbocycles. The van der Waals surface area contributed by atoms with Gasteiger partial charge < -0.3 is 14.8 Å². The Morgan fingerprint density at radius 3 is 2.75 bits per heavy atom. The zero-order chi connectivity index (χ0) is 20.1. The highest BCUT2D eigenvalue weighted by molar-refractivity contribution is 5.92. The fourth-order valence-corrected chi connectivity index (χ4v) is 3.07. The summed E-state index contributed by atoms with van der Waals surface area (Å²) in [7, 11) is 0. The number of benzene rings is 2. The number of nitrogens with one attached hydrogen (secondary N) is 1. The first-order valence-corrected chi connectivity index (χ1v) is 9.05. The third-order valence-electron chi connectivity index (χ3n) is 4.55. The first kappa shape index (κ1) is 19.6. The second-order valence-electron chi connectivity index (χ2n) is 6.60. The Kier molecular flexibility index (Phi) is 6.06. The van der Waals surface area contributed by atoms with Crippen molar-refractivity contribution in [2.24, 2.45) is 0 Å². The molecule has 28 heavy (non-hydrogen) atoms. The molecule has 0 bridgehead atoms. The average Bonchev–Trinajstić information content (AvgIpc) is 2.70. The normalized spacial score (nSPS) is 14.2. The van der Waals surface area contributed by atoms with E-state index in [-0.39, 0.29) is 31.0 Å². The second-order valence-corrected chi connectivity index (χ2v) is 6.60. The maximum Gasteiger partial charge on any atom is 0.270 e. The van der Waals surface area contributed by atoms with Gasteiger partial charge in [0.2, 0.25) is 5.91 Å². The van der Waals surface area contributed by atoms with Crippen LogP contribution in [0.1, 0.15) is 41.6 Å². The Hall–Kier alpha value is -3.19. The number of non-ortho nitro benzene ring substituents is 1. The summed E-state index contributed by atoms with van der Waals surface area (Å²) in [4.78, 5) is 23.1. The maximum absolute atomic E-state index is 12.4. The Morgan fingerprint density at radius 2 is 2.07 bits per heavy atom. The molecule has 3 rings (SSSR count). The summed E-state index contributed by atoms with van der Waals surface area (Å²) in [5, 5.41) is 14.1. The van der Waals surface area contributed by atoms with Crippen LogP contribution in [0.5, 0.6) is 5.75 Å². The number of fused-ring (bicyclic) bond motifs is 1. The molecule has 0 aliphatic carbocycles. The van der Waals surface area contributed by atoms with Crippen molar-refractivity contribution in [3.05, 3.63) is 74.8 Å². The second kappa shape index (κ2) is 8.67. The first-order chi connectivity index (χ1) is 13.5. The van der Waals surface area contributed by atoms with Crippen LogP contribution in [-0.4, -0.2) is 17.6 Å². The van der Waals surface area contributed by atoms with Crippen molar-refractivity contribution in [1.29, 1.82) is 0 Å². The standard InChI is InChI=1S/C21H22N2O5/c1-3-19(15-6-4-14(2)5-7-15)22-20(24)9-8-16-10-18(23(25)26)11-17-12-27-13-28-21(16)17/h4-11,19H,3,12-13H2,1-2H3,(H,22,24)/b9-8+/t19-/m0/s1. The van der Waals surface area contributed by atoms with Crippen LogP contribution < -0.4 is 10.1 Å². The van der Waals surface area contributed by atoms with E-state index in [0.717, 1.165) is 17.5 Å². The van der Waals surface area contributed by atoms with Gasteiger partial charge in [-0.15, -0.1) is 0 Å². The minimum atomic E-state index is -0.475. The lowest BCUT2D eigenvalue weighted by Gasteiger charge is -2.19. The van der Waals surface area contributed by atoms with Crippen LogP contribution >= 0.6 is 0 Å². The maximum atomic E-state index is 12.4. The van der Waals surface area contributed by atoms with Crippen molar-refractivity contribution >= 4 is 17.7 Å². The van der Waals surface area contributed by atoms with Crippen molar-refractivity contribution in [2.75, 3.05) is 6.79 Å². The molecule has 0 radical (unpaired) electrons. The number of nitro groups is 1. The van der Waals surface area contributed by atoms with E-state index in [9.17, 15) is 14.9 Å². The molecule has 146 valence electrons. The molecule has 1 aliphatic heterocycles. The van der Waals surface area contributed by atoms with Crippen LogP contribution in [-0.2, 0) is 16.1 Å². The van der Waals surface area contributed by atoms with E-state index in [1.807, 2.05) is 38.1 Å². The van der Waals surface area contributed by atoms with E-state index in [0.29, 0.717) is 16.9 Å². The minimum Gasteiger partial charge on any atom is -0.467 e. The quantitative estimate of drug-likeness (QED) is 0.462. The van der Waals surface area contributed by atoms with Crippen LogP contribution in [0.3, 0.4) is 0 Å². The monoisotopic (exact) mass is 382 g/mol. The summed E-state index contributed by atoms with van der Waals surface area (Å²) in [5.41, 5.74) is 3.18. The van der Waals surface area contributed by atoms with Gasteiger partial charge in [0.15, 0.2) is 6.79 Å². The van der Waals surface area contributed by atoms with E-state index in [1.165, 1.54) is 24.3 Å². The molecule has 1 N–H and O–H groups in total. The third kappa shape index (κ3) is 4.55. The van der Waals surface area contributed by atoms with Gasteiger partial charge in [-0.05, 0) is 25.0 Å². The van der Waals surface area contributed by atoms with E-state index in [4.69, 9.17) is 9.47 Å². The lowest BCUT2D eigenvalue weighted by atomic mass is 10.0. The Balaban J connectivity index is 1.78. The molecule has 1 aliphatic rings. The highest BCUT2D eigenvalue weighted by Crippen LogP contribution is 2.33. The first-order valence-electron chi connectivity index (χ1n) is 9.05. The van der Waals surface area contributed by atoms with Gasteiger partial charge in [0.25, 0.3) is 5.69 Å². The zero-order valence-corrected chi connectivity index (χ0v) is 15.8. The molecule has 7 heteroatoms. The number of nitrogens with zero attached hydrogens (tertiary/aromatic N) is 1. The zero-order valence-electron chi connectivity index (χ0n) is 15.8. The number of rotatable bonds is 6. The van der Waals surface area contributed by atoms with Crippen LogP contribution in [0.15, 0.2) is 42.5 Å². The molecule has 1 atom stereocenters. The van der Waals surface area contributed by atoms with Gasteiger partial charge in [0, 0.05) is 29.3 Å². The lowest BCUT2D eigenvalue weighted by molar-refractivity contribution is -0.385. The van der Waals surface area contributed by atoms with Gasteiger partial charge in [0.05, 0.1) is 17.6 Å². The highest BCUT2D eigenvalue weighted by Gasteiger charge is 2.20. The van der Waals surface area contributed by atoms with Crippen molar-refractivity contribution in [2.45, 2.75) is 32.9 Å². The molecular weight excluding hydrogens is 360 g/mol. The molecule has 0 saturated heterocycles. The summed E-state index contributed by atoms with van der Waals surface area (Å²) < 4.78 is 10.7. The Bertz CT molecular complexity index is 906. The molecule has 0 saturated carbocycles. The molecule has 7 nitrogen and oxygen atoms in total. The minimum absolute atomic E-state index is 0.0704.